The van der Waals surface area contributed by atoms with Gasteiger partial charge in [0, 0.05) is 13.1 Å². The fourth-order valence-corrected chi connectivity index (χ4v) is 6.11. The molecule has 4 rings (SSSR count). The lowest BCUT2D eigenvalue weighted by molar-refractivity contribution is -0.146. The van der Waals surface area contributed by atoms with E-state index in [2.05, 4.69) is 0 Å². The lowest BCUT2D eigenvalue weighted by Crippen LogP contribution is -2.41. The van der Waals surface area contributed by atoms with E-state index in [1.807, 2.05) is 13.8 Å². The Bertz CT molecular complexity index is 706. The van der Waals surface area contributed by atoms with Gasteiger partial charge in [-0.15, -0.1) is 0 Å². The Morgan fingerprint density at radius 3 is 1.59 bits per heavy atom. The molecular formula is C21H30N2O6. The van der Waals surface area contributed by atoms with Crippen LogP contribution in [0.25, 0.3) is 0 Å². The highest BCUT2D eigenvalue weighted by Gasteiger charge is 2.71. The Morgan fingerprint density at radius 2 is 1.24 bits per heavy atom. The van der Waals surface area contributed by atoms with Crippen molar-refractivity contribution in [3.63, 3.8) is 0 Å². The summed E-state index contributed by atoms with van der Waals surface area (Å²) in [6.07, 6.45) is 4.43. The van der Waals surface area contributed by atoms with Gasteiger partial charge in [-0.1, -0.05) is 13.8 Å². The standard InChI is InChI=1S/C21H30N2O6/c1-12-4-6-20(14(10-12)16(24)25)18(28)22(20)8-3-9-23-19(29)21(23)7-5-13(2)11-15(21)17(26)27/h12-15H,3-11H2,1-2H3,(H,24,25)(H,26,27). The van der Waals surface area contributed by atoms with E-state index in [0.29, 0.717) is 57.0 Å². The number of hydrogen-bond donors (Lipinski definition) is 2. The number of amides is 2. The highest BCUT2D eigenvalue weighted by molar-refractivity contribution is 6.06. The van der Waals surface area contributed by atoms with Crippen molar-refractivity contribution < 1.29 is 29.4 Å². The van der Waals surface area contributed by atoms with Crippen molar-refractivity contribution in [1.82, 2.24) is 9.80 Å². The van der Waals surface area contributed by atoms with Crippen LogP contribution in [-0.2, 0) is 19.2 Å². The van der Waals surface area contributed by atoms with Crippen molar-refractivity contribution in [2.24, 2.45) is 23.7 Å². The van der Waals surface area contributed by atoms with Gasteiger partial charge in [-0.2, -0.15) is 0 Å². The van der Waals surface area contributed by atoms with Crippen LogP contribution in [0.15, 0.2) is 0 Å². The topological polar surface area (TPSA) is 115 Å². The summed E-state index contributed by atoms with van der Waals surface area (Å²) in [7, 11) is 0. The number of aliphatic carboxylic acids is 2. The Kier molecular flexibility index (Phi) is 4.66. The van der Waals surface area contributed by atoms with Gasteiger partial charge in [-0.3, -0.25) is 19.2 Å². The van der Waals surface area contributed by atoms with Crippen molar-refractivity contribution in [1.29, 1.82) is 0 Å². The summed E-state index contributed by atoms with van der Waals surface area (Å²) in [4.78, 5) is 51.9. The van der Waals surface area contributed by atoms with Gasteiger partial charge in [0.05, 0.1) is 11.8 Å². The lowest BCUT2D eigenvalue weighted by Gasteiger charge is -2.32. The molecule has 6 unspecified atom stereocenters. The zero-order chi connectivity index (χ0) is 21.1. The first-order valence-corrected chi connectivity index (χ1v) is 10.8. The fraction of sp³-hybridized carbons (Fsp3) is 0.810. The molecule has 2 aliphatic carbocycles. The minimum Gasteiger partial charge on any atom is -0.481 e. The molecule has 8 heteroatoms. The first-order chi connectivity index (χ1) is 13.7. The van der Waals surface area contributed by atoms with E-state index in [1.54, 1.807) is 9.80 Å². The monoisotopic (exact) mass is 406 g/mol. The Balaban J connectivity index is 1.37. The highest BCUT2D eigenvalue weighted by atomic mass is 16.4. The van der Waals surface area contributed by atoms with E-state index in [9.17, 15) is 29.4 Å². The van der Waals surface area contributed by atoms with Gasteiger partial charge in [0.15, 0.2) is 0 Å². The summed E-state index contributed by atoms with van der Waals surface area (Å²) in [5.74, 6) is -2.71. The number of rotatable bonds is 6. The van der Waals surface area contributed by atoms with Gasteiger partial charge in [0.25, 0.3) is 0 Å². The van der Waals surface area contributed by atoms with Crippen molar-refractivity contribution in [3.05, 3.63) is 0 Å². The number of carbonyl (C=O) groups excluding carboxylic acids is 2. The Hall–Kier alpha value is -2.12. The van der Waals surface area contributed by atoms with E-state index in [-0.39, 0.29) is 11.8 Å². The molecule has 0 aromatic heterocycles. The number of carbonyl (C=O) groups is 4. The third-order valence-corrected chi connectivity index (χ3v) is 7.92. The number of hydrogen-bond acceptors (Lipinski definition) is 4. The third kappa shape index (κ3) is 2.86. The van der Waals surface area contributed by atoms with Crippen LogP contribution in [0.5, 0.6) is 0 Å². The quantitative estimate of drug-likeness (QED) is 0.647. The second-order valence-electron chi connectivity index (χ2n) is 9.66. The molecule has 0 radical (unpaired) electrons. The van der Waals surface area contributed by atoms with Gasteiger partial charge in [0.1, 0.15) is 11.1 Å². The van der Waals surface area contributed by atoms with Gasteiger partial charge in [-0.25, -0.2) is 0 Å². The lowest BCUT2D eigenvalue weighted by atomic mass is 9.73. The van der Waals surface area contributed by atoms with Crippen molar-refractivity contribution >= 4 is 23.8 Å². The van der Waals surface area contributed by atoms with Gasteiger partial charge in [-0.05, 0) is 56.8 Å². The maximum Gasteiger partial charge on any atom is 0.309 e. The molecule has 2 aliphatic heterocycles. The van der Waals surface area contributed by atoms with Crippen molar-refractivity contribution in [3.8, 4) is 0 Å². The van der Waals surface area contributed by atoms with Crippen molar-refractivity contribution in [2.75, 3.05) is 13.1 Å². The van der Waals surface area contributed by atoms with E-state index in [0.717, 1.165) is 12.8 Å². The fourth-order valence-electron chi connectivity index (χ4n) is 6.11. The Labute approximate surface area is 170 Å². The highest BCUT2D eigenvalue weighted by Crippen LogP contribution is 2.53. The molecule has 4 aliphatic rings. The number of carboxylic acids is 2. The molecule has 2 spiro atoms. The molecule has 2 saturated carbocycles. The van der Waals surface area contributed by atoms with E-state index in [4.69, 9.17) is 0 Å². The van der Waals surface area contributed by atoms with E-state index < -0.39 is 34.9 Å². The SMILES string of the molecule is CC1CCC2(C(=O)N2CCCN2C(=O)C23CCC(C)CC3C(=O)O)C(C(=O)O)C1. The molecule has 2 heterocycles. The molecule has 0 bridgehead atoms. The van der Waals surface area contributed by atoms with Crippen LogP contribution < -0.4 is 0 Å². The minimum atomic E-state index is -0.909. The molecule has 2 N–H and O–H groups in total. The van der Waals surface area contributed by atoms with E-state index >= 15 is 0 Å². The molecule has 0 aromatic rings. The molecule has 0 aromatic carbocycles. The van der Waals surface area contributed by atoms with Gasteiger partial charge >= 0.3 is 11.9 Å². The average Bonchev–Trinajstić information content (AvgIpc) is 3.44. The zero-order valence-corrected chi connectivity index (χ0v) is 17.1. The summed E-state index contributed by atoms with van der Waals surface area (Å²) >= 11 is 0. The van der Waals surface area contributed by atoms with E-state index in [1.165, 1.54) is 0 Å². The molecule has 29 heavy (non-hydrogen) atoms. The smallest absolute Gasteiger partial charge is 0.309 e. The van der Waals surface area contributed by atoms with Crippen LogP contribution in [0, 0.1) is 23.7 Å². The molecule has 160 valence electrons. The summed E-state index contributed by atoms with van der Waals surface area (Å²) in [5.41, 5.74) is -1.72. The minimum absolute atomic E-state index is 0.0847. The predicted molar refractivity (Wildman–Crippen MR) is 102 cm³/mol. The maximum absolute atomic E-state index is 12.5. The van der Waals surface area contributed by atoms with Crippen LogP contribution in [0.3, 0.4) is 0 Å². The zero-order valence-electron chi connectivity index (χ0n) is 17.1. The second kappa shape index (κ2) is 6.71. The van der Waals surface area contributed by atoms with Crippen molar-refractivity contribution in [2.45, 2.75) is 69.9 Å². The van der Waals surface area contributed by atoms with Gasteiger partial charge < -0.3 is 20.0 Å². The normalized spacial score (nSPS) is 41.2. The van der Waals surface area contributed by atoms with Crippen LogP contribution in [0.2, 0.25) is 0 Å². The van der Waals surface area contributed by atoms with Crippen LogP contribution >= 0.6 is 0 Å². The summed E-state index contributed by atoms with van der Waals surface area (Å²) in [6, 6.07) is 0. The maximum atomic E-state index is 12.5. The molecule has 8 nitrogen and oxygen atoms in total. The summed E-state index contributed by atoms with van der Waals surface area (Å²) in [5, 5.41) is 19.2. The number of nitrogens with zero attached hydrogens (tertiary/aromatic N) is 2. The largest absolute Gasteiger partial charge is 0.481 e. The molecule has 2 saturated heterocycles. The van der Waals surface area contributed by atoms with Gasteiger partial charge in [0.2, 0.25) is 11.8 Å². The predicted octanol–water partition coefficient (Wildman–Crippen LogP) is 1.58. The average molecular weight is 406 g/mol. The molecule has 4 fully saturated rings. The first-order valence-electron chi connectivity index (χ1n) is 10.8. The number of carboxylic acid groups (broad SMARTS) is 2. The Morgan fingerprint density at radius 1 is 0.862 bits per heavy atom. The van der Waals surface area contributed by atoms with Crippen LogP contribution in [0.1, 0.15) is 58.8 Å². The first kappa shape index (κ1) is 20.2. The second-order valence-corrected chi connectivity index (χ2v) is 9.66. The summed E-state index contributed by atoms with van der Waals surface area (Å²) in [6.45, 7) is 4.89. The van der Waals surface area contributed by atoms with Crippen LogP contribution in [0.4, 0.5) is 0 Å². The molecule has 2 amide bonds. The third-order valence-electron chi connectivity index (χ3n) is 7.92. The molecular weight excluding hydrogens is 376 g/mol. The summed E-state index contributed by atoms with van der Waals surface area (Å²) < 4.78 is 0. The molecule has 6 atom stereocenters. The van der Waals surface area contributed by atoms with Crippen LogP contribution in [-0.4, -0.2) is 67.9 Å².